The lowest BCUT2D eigenvalue weighted by Crippen LogP contribution is -2.23. The fourth-order valence-corrected chi connectivity index (χ4v) is 2.95. The van der Waals surface area contributed by atoms with Gasteiger partial charge in [-0.1, -0.05) is 23.7 Å². The third-order valence-corrected chi connectivity index (χ3v) is 4.02. The first-order valence-electron chi connectivity index (χ1n) is 5.48. The van der Waals surface area contributed by atoms with Crippen LogP contribution >= 0.6 is 22.9 Å². The van der Waals surface area contributed by atoms with Gasteiger partial charge in [-0.15, -0.1) is 11.3 Å². The number of halogens is 1. The number of aryl methyl sites for hydroxylation is 1. The molecule has 0 saturated heterocycles. The predicted molar refractivity (Wildman–Crippen MR) is 72.4 cm³/mol. The van der Waals surface area contributed by atoms with E-state index in [1.807, 2.05) is 18.2 Å². The van der Waals surface area contributed by atoms with E-state index in [1.165, 1.54) is 0 Å². The molecule has 1 N–H and O–H groups in total. The summed E-state index contributed by atoms with van der Waals surface area (Å²) in [5.74, 6) is 0.950. The Bertz CT molecular complexity index is 552. The van der Waals surface area contributed by atoms with Crippen LogP contribution in [0.15, 0.2) is 29.6 Å². The zero-order valence-electron chi connectivity index (χ0n) is 9.37. The highest BCUT2D eigenvalue weighted by Crippen LogP contribution is 2.38. The molecule has 0 amide bonds. The molecule has 1 atom stereocenters. The first-order valence-corrected chi connectivity index (χ1v) is 6.74. The van der Waals surface area contributed by atoms with Crippen LogP contribution in [0.3, 0.4) is 0 Å². The SMILES string of the molecule is Cc1cccc2c1OC(c1csc(Cl)c1)CN2. The van der Waals surface area contributed by atoms with Crippen LogP contribution in [0, 0.1) is 6.92 Å². The minimum atomic E-state index is 0.0485. The molecule has 1 aromatic heterocycles. The highest BCUT2D eigenvalue weighted by Gasteiger charge is 2.22. The summed E-state index contributed by atoms with van der Waals surface area (Å²) < 4.78 is 6.85. The van der Waals surface area contributed by atoms with Gasteiger partial charge in [0.15, 0.2) is 0 Å². The summed E-state index contributed by atoms with van der Waals surface area (Å²) in [5.41, 5.74) is 3.37. The van der Waals surface area contributed by atoms with E-state index in [2.05, 4.69) is 23.7 Å². The largest absolute Gasteiger partial charge is 0.481 e. The van der Waals surface area contributed by atoms with Gasteiger partial charge in [0, 0.05) is 5.56 Å². The zero-order valence-corrected chi connectivity index (χ0v) is 10.9. The first kappa shape index (κ1) is 10.9. The summed E-state index contributed by atoms with van der Waals surface area (Å²) in [6.07, 6.45) is 0.0485. The quantitative estimate of drug-likeness (QED) is 0.832. The first-order chi connectivity index (χ1) is 8.24. The summed E-state index contributed by atoms with van der Waals surface area (Å²) in [6.45, 7) is 2.84. The van der Waals surface area contributed by atoms with E-state index in [9.17, 15) is 0 Å². The minimum absolute atomic E-state index is 0.0485. The Morgan fingerprint density at radius 2 is 2.35 bits per heavy atom. The van der Waals surface area contributed by atoms with Crippen LogP contribution in [0.2, 0.25) is 4.34 Å². The highest BCUT2D eigenvalue weighted by atomic mass is 35.5. The fraction of sp³-hybridized carbons (Fsp3) is 0.231. The molecule has 0 spiro atoms. The number of rotatable bonds is 1. The van der Waals surface area contributed by atoms with Gasteiger partial charge in [0.1, 0.15) is 11.9 Å². The molecule has 1 aliphatic rings. The van der Waals surface area contributed by atoms with Crippen molar-refractivity contribution in [3.63, 3.8) is 0 Å². The van der Waals surface area contributed by atoms with Crippen molar-refractivity contribution in [3.8, 4) is 5.75 Å². The molecule has 0 radical (unpaired) electrons. The molecule has 1 unspecified atom stereocenters. The maximum atomic E-state index is 6.05. The Morgan fingerprint density at radius 1 is 1.47 bits per heavy atom. The summed E-state index contributed by atoms with van der Waals surface area (Å²) >= 11 is 7.49. The normalized spacial score (nSPS) is 18.1. The van der Waals surface area contributed by atoms with E-state index >= 15 is 0 Å². The van der Waals surface area contributed by atoms with Crippen LogP contribution in [-0.2, 0) is 0 Å². The molecule has 88 valence electrons. The van der Waals surface area contributed by atoms with Crippen LogP contribution in [-0.4, -0.2) is 6.54 Å². The summed E-state index contributed by atoms with van der Waals surface area (Å²) in [7, 11) is 0. The average Bonchev–Trinajstić information content (AvgIpc) is 2.76. The van der Waals surface area contributed by atoms with Crippen molar-refractivity contribution in [2.45, 2.75) is 13.0 Å². The molecule has 3 rings (SSSR count). The number of fused-ring (bicyclic) bond motifs is 1. The molecule has 2 aromatic rings. The van der Waals surface area contributed by atoms with Crippen molar-refractivity contribution in [3.05, 3.63) is 45.1 Å². The molecule has 1 aromatic carbocycles. The highest BCUT2D eigenvalue weighted by molar-refractivity contribution is 7.14. The van der Waals surface area contributed by atoms with Crippen molar-refractivity contribution < 1.29 is 4.74 Å². The van der Waals surface area contributed by atoms with Crippen molar-refractivity contribution in [2.24, 2.45) is 0 Å². The van der Waals surface area contributed by atoms with Crippen LogP contribution in [0.25, 0.3) is 0 Å². The number of anilines is 1. The lowest BCUT2D eigenvalue weighted by molar-refractivity contribution is 0.209. The fourth-order valence-electron chi connectivity index (χ4n) is 2.01. The molecular formula is C13H12ClNOS. The Balaban J connectivity index is 1.92. The van der Waals surface area contributed by atoms with Crippen molar-refractivity contribution in [1.82, 2.24) is 0 Å². The van der Waals surface area contributed by atoms with Crippen molar-refractivity contribution in [2.75, 3.05) is 11.9 Å². The van der Waals surface area contributed by atoms with E-state index in [1.54, 1.807) is 11.3 Å². The molecule has 2 heterocycles. The van der Waals surface area contributed by atoms with Crippen molar-refractivity contribution in [1.29, 1.82) is 0 Å². The number of hydrogen-bond acceptors (Lipinski definition) is 3. The van der Waals surface area contributed by atoms with E-state index in [-0.39, 0.29) is 6.10 Å². The number of benzene rings is 1. The maximum absolute atomic E-state index is 6.05. The van der Waals surface area contributed by atoms with Gasteiger partial charge in [0.2, 0.25) is 0 Å². The standard InChI is InChI=1S/C13H12ClNOS/c1-8-3-2-4-10-13(8)16-11(6-15-10)9-5-12(14)17-7-9/h2-5,7,11,15H,6H2,1H3. The van der Waals surface area contributed by atoms with Gasteiger partial charge in [0.05, 0.1) is 16.6 Å². The second-order valence-electron chi connectivity index (χ2n) is 4.12. The third kappa shape index (κ3) is 2.01. The van der Waals surface area contributed by atoms with Gasteiger partial charge in [-0.2, -0.15) is 0 Å². The summed E-state index contributed by atoms with van der Waals surface area (Å²) in [4.78, 5) is 0. The van der Waals surface area contributed by atoms with E-state index < -0.39 is 0 Å². The van der Waals surface area contributed by atoms with Gasteiger partial charge in [-0.05, 0) is 30.0 Å². The Morgan fingerprint density at radius 3 is 3.12 bits per heavy atom. The smallest absolute Gasteiger partial charge is 0.146 e. The third-order valence-electron chi connectivity index (χ3n) is 2.91. The van der Waals surface area contributed by atoms with Crippen LogP contribution in [0.1, 0.15) is 17.2 Å². The van der Waals surface area contributed by atoms with Crippen molar-refractivity contribution >= 4 is 28.6 Å². The van der Waals surface area contributed by atoms with Gasteiger partial charge in [-0.3, -0.25) is 0 Å². The topological polar surface area (TPSA) is 21.3 Å². The van der Waals surface area contributed by atoms with Crippen LogP contribution < -0.4 is 10.1 Å². The molecule has 1 aliphatic heterocycles. The van der Waals surface area contributed by atoms with E-state index in [4.69, 9.17) is 16.3 Å². The van der Waals surface area contributed by atoms with E-state index in [0.29, 0.717) is 0 Å². The number of nitrogens with one attached hydrogen (secondary N) is 1. The second kappa shape index (κ2) is 4.24. The lowest BCUT2D eigenvalue weighted by Gasteiger charge is -2.28. The molecule has 4 heteroatoms. The Kier molecular flexibility index (Phi) is 2.73. The molecule has 0 bridgehead atoms. The molecule has 0 saturated carbocycles. The Hall–Kier alpha value is -1.19. The zero-order chi connectivity index (χ0) is 11.8. The number of hydrogen-bond donors (Lipinski definition) is 1. The van der Waals surface area contributed by atoms with Gasteiger partial charge < -0.3 is 10.1 Å². The molecule has 0 aliphatic carbocycles. The summed E-state index contributed by atoms with van der Waals surface area (Å²) in [5, 5.41) is 5.45. The second-order valence-corrected chi connectivity index (χ2v) is 5.67. The predicted octanol–water partition coefficient (Wildman–Crippen LogP) is 4.26. The Labute approximate surface area is 109 Å². The summed E-state index contributed by atoms with van der Waals surface area (Å²) in [6, 6.07) is 8.11. The molecule has 2 nitrogen and oxygen atoms in total. The molecule has 17 heavy (non-hydrogen) atoms. The van der Waals surface area contributed by atoms with Crippen LogP contribution in [0.4, 0.5) is 5.69 Å². The monoisotopic (exact) mass is 265 g/mol. The van der Waals surface area contributed by atoms with Crippen LogP contribution in [0.5, 0.6) is 5.75 Å². The number of thiophene rings is 1. The minimum Gasteiger partial charge on any atom is -0.481 e. The van der Waals surface area contributed by atoms with E-state index in [0.717, 1.165) is 33.4 Å². The molecular weight excluding hydrogens is 254 g/mol. The average molecular weight is 266 g/mol. The number of para-hydroxylation sites is 1. The van der Waals surface area contributed by atoms with Gasteiger partial charge in [0.25, 0.3) is 0 Å². The molecule has 0 fully saturated rings. The van der Waals surface area contributed by atoms with Gasteiger partial charge in [-0.25, -0.2) is 0 Å². The maximum Gasteiger partial charge on any atom is 0.146 e. The van der Waals surface area contributed by atoms with Gasteiger partial charge >= 0.3 is 0 Å². The lowest BCUT2D eigenvalue weighted by atomic mass is 10.1. The number of ether oxygens (including phenoxy) is 1.